The van der Waals surface area contributed by atoms with Crippen LogP contribution in [0.4, 0.5) is 4.39 Å². The van der Waals surface area contributed by atoms with Crippen molar-refractivity contribution in [1.82, 2.24) is 5.06 Å². The van der Waals surface area contributed by atoms with E-state index in [1.165, 1.54) is 0 Å². The minimum absolute atomic E-state index is 0.0393. The first kappa shape index (κ1) is 13.9. The van der Waals surface area contributed by atoms with Crippen LogP contribution in [-0.4, -0.2) is 24.0 Å². The Morgan fingerprint density at radius 2 is 1.73 bits per heavy atom. The maximum Gasteiger partial charge on any atom is 0.179 e. The average Bonchev–Trinajstić information content (AvgIpc) is 2.92. The van der Waals surface area contributed by atoms with Gasteiger partial charge < -0.3 is 4.74 Å². The van der Waals surface area contributed by atoms with Crippen LogP contribution in [0.5, 0.6) is 0 Å². The zero-order chi connectivity index (χ0) is 15.0. The van der Waals surface area contributed by atoms with Crippen LogP contribution in [0.25, 0.3) is 0 Å². The third kappa shape index (κ3) is 2.33. The Bertz CT molecular complexity index is 636. The molecule has 0 aliphatic carbocycles. The van der Waals surface area contributed by atoms with Crippen LogP contribution in [0.3, 0.4) is 0 Å². The summed E-state index contributed by atoms with van der Waals surface area (Å²) in [6, 6.07) is 18.9. The summed E-state index contributed by atoms with van der Waals surface area (Å²) < 4.78 is 21.3. The zero-order valence-corrected chi connectivity index (χ0v) is 12.2. The van der Waals surface area contributed by atoms with E-state index < -0.39 is 5.67 Å². The Labute approximate surface area is 129 Å². The molecule has 2 aromatic carbocycles. The van der Waals surface area contributed by atoms with Crippen molar-refractivity contribution in [2.24, 2.45) is 0 Å². The lowest BCUT2D eigenvalue weighted by molar-refractivity contribution is -0.228. The summed E-state index contributed by atoms with van der Waals surface area (Å²) in [5.74, 6) is 0. The quantitative estimate of drug-likeness (QED) is 0.867. The lowest BCUT2D eigenvalue weighted by atomic mass is 9.85. The van der Waals surface area contributed by atoms with Gasteiger partial charge in [-0.25, -0.2) is 4.39 Å². The molecule has 114 valence electrons. The number of alkyl halides is 1. The number of nitrogens with zero attached hydrogens (tertiary/aromatic N) is 1. The Morgan fingerprint density at radius 3 is 2.45 bits per heavy atom. The summed E-state index contributed by atoms with van der Waals surface area (Å²) >= 11 is 0. The van der Waals surface area contributed by atoms with Gasteiger partial charge in [0.2, 0.25) is 0 Å². The fourth-order valence-electron chi connectivity index (χ4n) is 3.29. The van der Waals surface area contributed by atoms with Crippen molar-refractivity contribution < 1.29 is 14.0 Å². The second kappa shape index (κ2) is 5.47. The van der Waals surface area contributed by atoms with E-state index in [-0.39, 0.29) is 18.9 Å². The van der Waals surface area contributed by atoms with Crippen molar-refractivity contribution in [2.75, 3.05) is 6.61 Å². The van der Waals surface area contributed by atoms with E-state index in [1.807, 2.05) is 60.7 Å². The molecule has 2 saturated heterocycles. The molecule has 2 heterocycles. The van der Waals surface area contributed by atoms with E-state index in [1.54, 1.807) is 5.06 Å². The molecule has 0 spiro atoms. The van der Waals surface area contributed by atoms with Crippen molar-refractivity contribution in [3.05, 3.63) is 71.8 Å². The van der Waals surface area contributed by atoms with E-state index in [2.05, 4.69) is 0 Å². The van der Waals surface area contributed by atoms with Crippen LogP contribution in [-0.2, 0) is 21.8 Å². The summed E-state index contributed by atoms with van der Waals surface area (Å²) in [6.45, 7) is 0.599. The van der Waals surface area contributed by atoms with Gasteiger partial charge >= 0.3 is 0 Å². The molecule has 2 aliphatic heterocycles. The number of rotatable bonds is 3. The smallest absolute Gasteiger partial charge is 0.179 e. The predicted molar refractivity (Wildman–Crippen MR) is 80.4 cm³/mol. The molecule has 4 rings (SSSR count). The number of hydroxylamine groups is 2. The van der Waals surface area contributed by atoms with Crippen molar-refractivity contribution in [2.45, 2.75) is 31.0 Å². The third-order valence-corrected chi connectivity index (χ3v) is 4.46. The van der Waals surface area contributed by atoms with Gasteiger partial charge in [-0.05, 0) is 11.1 Å². The molecule has 22 heavy (non-hydrogen) atoms. The van der Waals surface area contributed by atoms with Gasteiger partial charge in [0, 0.05) is 13.0 Å². The molecule has 0 aromatic heterocycles. The fraction of sp³-hybridized carbons (Fsp3) is 0.333. The number of halogens is 1. The average molecular weight is 299 g/mol. The van der Waals surface area contributed by atoms with Gasteiger partial charge in [0.1, 0.15) is 0 Å². The number of benzene rings is 2. The first-order chi connectivity index (χ1) is 10.8. The lowest BCUT2D eigenvalue weighted by Crippen LogP contribution is -2.48. The normalized spacial score (nSPS) is 31.3. The number of hydrogen-bond acceptors (Lipinski definition) is 3. The van der Waals surface area contributed by atoms with E-state index in [9.17, 15) is 0 Å². The minimum Gasteiger partial charge on any atom is -0.347 e. The zero-order valence-electron chi connectivity index (χ0n) is 12.2. The second-order valence-corrected chi connectivity index (χ2v) is 5.89. The predicted octanol–water partition coefficient (Wildman–Crippen LogP) is 3.41. The number of ether oxygens (including phenoxy) is 1. The van der Waals surface area contributed by atoms with Gasteiger partial charge in [-0.1, -0.05) is 60.7 Å². The van der Waals surface area contributed by atoms with Crippen molar-refractivity contribution in [3.63, 3.8) is 0 Å². The Hall–Kier alpha value is -1.75. The van der Waals surface area contributed by atoms with Gasteiger partial charge in [-0.3, -0.25) is 4.84 Å². The van der Waals surface area contributed by atoms with Crippen molar-refractivity contribution in [3.8, 4) is 0 Å². The van der Waals surface area contributed by atoms with Crippen LogP contribution >= 0.6 is 0 Å². The fourth-order valence-corrected chi connectivity index (χ4v) is 3.29. The van der Waals surface area contributed by atoms with Gasteiger partial charge in [-0.15, -0.1) is 0 Å². The molecule has 2 aromatic rings. The maximum absolute atomic E-state index is 15.7. The highest BCUT2D eigenvalue weighted by Gasteiger charge is 2.54. The molecule has 2 fully saturated rings. The topological polar surface area (TPSA) is 21.7 Å². The molecule has 2 aliphatic rings. The van der Waals surface area contributed by atoms with Gasteiger partial charge in [0.15, 0.2) is 12.0 Å². The molecule has 2 bridgehead atoms. The van der Waals surface area contributed by atoms with Crippen LogP contribution in [0, 0.1) is 0 Å². The van der Waals surface area contributed by atoms with Crippen LogP contribution in [0.1, 0.15) is 17.5 Å². The SMILES string of the molecule is F[C@@]1(c2ccccc2)CO[C@H]2C[C@@H]1N(Cc1ccccc1)O2. The van der Waals surface area contributed by atoms with E-state index in [4.69, 9.17) is 9.57 Å². The maximum atomic E-state index is 15.7. The molecule has 0 radical (unpaired) electrons. The van der Waals surface area contributed by atoms with Crippen molar-refractivity contribution >= 4 is 0 Å². The first-order valence-electron chi connectivity index (χ1n) is 7.59. The standard InChI is InChI=1S/C18H18FNO2/c19-18(15-9-5-2-6-10-15)13-21-17-11-16(18)20(22-17)12-14-7-3-1-4-8-14/h1-10,16-17H,11-13H2/t16-,17+,18+/m0/s1. The highest BCUT2D eigenvalue weighted by molar-refractivity contribution is 5.26. The molecule has 0 unspecified atom stereocenters. The molecule has 4 heteroatoms. The highest BCUT2D eigenvalue weighted by atomic mass is 19.1. The number of fused-ring (bicyclic) bond motifs is 2. The highest BCUT2D eigenvalue weighted by Crippen LogP contribution is 2.44. The molecule has 3 atom stereocenters. The molecular formula is C18H18FNO2. The van der Waals surface area contributed by atoms with Gasteiger partial charge in [0.05, 0.1) is 12.6 Å². The summed E-state index contributed by atoms with van der Waals surface area (Å²) in [5.41, 5.74) is 0.218. The molecule has 0 N–H and O–H groups in total. The monoisotopic (exact) mass is 299 g/mol. The summed E-state index contributed by atoms with van der Waals surface area (Å²) in [5, 5.41) is 1.75. The molecule has 0 amide bonds. The first-order valence-corrected chi connectivity index (χ1v) is 7.59. The van der Waals surface area contributed by atoms with E-state index in [0.29, 0.717) is 18.5 Å². The number of hydrogen-bond donors (Lipinski definition) is 0. The molecular weight excluding hydrogens is 281 g/mol. The summed E-state index contributed by atoms with van der Waals surface area (Å²) in [7, 11) is 0. The van der Waals surface area contributed by atoms with Crippen LogP contribution < -0.4 is 0 Å². The Morgan fingerprint density at radius 1 is 1.05 bits per heavy atom. The van der Waals surface area contributed by atoms with Gasteiger partial charge in [0.25, 0.3) is 0 Å². The minimum atomic E-state index is -1.54. The van der Waals surface area contributed by atoms with Gasteiger partial charge in [-0.2, -0.15) is 5.06 Å². The second-order valence-electron chi connectivity index (χ2n) is 5.89. The Kier molecular flexibility index (Phi) is 3.45. The summed E-state index contributed by atoms with van der Waals surface area (Å²) in [4.78, 5) is 5.78. The molecule has 0 saturated carbocycles. The summed E-state index contributed by atoms with van der Waals surface area (Å²) in [6.07, 6.45) is 0.222. The van der Waals surface area contributed by atoms with Crippen LogP contribution in [0.15, 0.2) is 60.7 Å². The lowest BCUT2D eigenvalue weighted by Gasteiger charge is -2.36. The third-order valence-electron chi connectivity index (χ3n) is 4.46. The molecule has 3 nitrogen and oxygen atoms in total. The Balaban J connectivity index is 1.63. The largest absolute Gasteiger partial charge is 0.347 e. The van der Waals surface area contributed by atoms with E-state index >= 15 is 4.39 Å². The van der Waals surface area contributed by atoms with E-state index in [0.717, 1.165) is 5.56 Å². The van der Waals surface area contributed by atoms with Crippen LogP contribution in [0.2, 0.25) is 0 Å². The van der Waals surface area contributed by atoms with Crippen molar-refractivity contribution in [1.29, 1.82) is 0 Å².